The van der Waals surface area contributed by atoms with Gasteiger partial charge in [0.05, 0.1) is 17.3 Å². The third kappa shape index (κ3) is 9.77. The number of aliphatic hydroxyl groups excluding tert-OH is 1. The van der Waals surface area contributed by atoms with Gasteiger partial charge in [0, 0.05) is 32.1 Å². The van der Waals surface area contributed by atoms with Gasteiger partial charge < -0.3 is 19.7 Å². The average molecular weight is 661 g/mol. The molecule has 6 heteroatoms. The maximum atomic E-state index is 13.1. The number of Topliss-reactive ketones (excluding diaryl/α,β-unsaturated/α-hetero) is 1. The highest BCUT2D eigenvalue weighted by atomic mass is 16.6. The van der Waals surface area contributed by atoms with Crippen molar-refractivity contribution in [3.8, 4) is 0 Å². The third-order valence-electron chi connectivity index (χ3n) is 10.6. The number of ether oxygens (including phenoxy) is 2. The zero-order chi connectivity index (χ0) is 36.1. The summed E-state index contributed by atoms with van der Waals surface area (Å²) >= 11 is 0. The van der Waals surface area contributed by atoms with Gasteiger partial charge in [0.2, 0.25) is 0 Å². The van der Waals surface area contributed by atoms with Crippen molar-refractivity contribution in [2.45, 2.75) is 137 Å². The number of epoxide rings is 1. The average Bonchev–Trinajstić information content (AvgIpc) is 3.53. The molecule has 1 saturated heterocycles. The minimum Gasteiger partial charge on any atom is -0.462 e. The highest BCUT2D eigenvalue weighted by molar-refractivity contribution is 5.96. The molecule has 1 heterocycles. The van der Waals surface area contributed by atoms with E-state index < -0.39 is 16.8 Å². The molecule has 2 N–H and O–H groups in total. The highest BCUT2D eigenvalue weighted by Gasteiger charge is 2.76. The number of hydrogen-bond acceptors (Lipinski definition) is 6. The second-order valence-electron chi connectivity index (χ2n) is 16.2. The summed E-state index contributed by atoms with van der Waals surface area (Å²) in [6.45, 7) is 21.7. The minimum absolute atomic E-state index is 0.0655. The molecule has 2 aliphatic carbocycles. The van der Waals surface area contributed by atoms with Crippen molar-refractivity contribution in [3.63, 3.8) is 0 Å². The Morgan fingerprint density at radius 3 is 1.83 bits per heavy atom. The molecule has 0 spiro atoms. The zero-order valence-corrected chi connectivity index (χ0v) is 31.2. The predicted molar refractivity (Wildman–Crippen MR) is 195 cm³/mol. The first-order valence-corrected chi connectivity index (χ1v) is 17.3. The molecule has 6 nitrogen and oxygen atoms in total. The number of esters is 1. The molecular weight excluding hydrogens is 600 g/mol. The van der Waals surface area contributed by atoms with Crippen LogP contribution in [-0.4, -0.2) is 51.0 Å². The van der Waals surface area contributed by atoms with Gasteiger partial charge in [0.25, 0.3) is 0 Å². The van der Waals surface area contributed by atoms with Gasteiger partial charge in [-0.3, -0.25) is 9.59 Å². The summed E-state index contributed by atoms with van der Waals surface area (Å²) in [7, 11) is 0. The van der Waals surface area contributed by atoms with E-state index in [2.05, 4.69) is 52.0 Å². The summed E-state index contributed by atoms with van der Waals surface area (Å²) in [6.07, 6.45) is 26.2. The summed E-state index contributed by atoms with van der Waals surface area (Å²) in [5.41, 5.74) is 1.57. The van der Waals surface area contributed by atoms with Gasteiger partial charge in [-0.25, -0.2) is 0 Å². The minimum atomic E-state index is -0.968. The molecule has 2 saturated carbocycles. The molecule has 1 aliphatic heterocycles. The Bertz CT molecular complexity index is 1440. The van der Waals surface area contributed by atoms with E-state index >= 15 is 0 Å². The Kier molecular flexibility index (Phi) is 12.5. The molecule has 264 valence electrons. The van der Waals surface area contributed by atoms with E-state index in [1.54, 1.807) is 0 Å². The lowest BCUT2D eigenvalue weighted by Gasteiger charge is -2.49. The topological polar surface area (TPSA) is 96.4 Å². The van der Waals surface area contributed by atoms with E-state index in [1.807, 2.05) is 90.2 Å². The van der Waals surface area contributed by atoms with Crippen LogP contribution in [-0.2, 0) is 19.1 Å². The first kappa shape index (κ1) is 39.4. The molecule has 0 amide bonds. The third-order valence-corrected chi connectivity index (χ3v) is 10.6. The zero-order valence-electron chi connectivity index (χ0n) is 31.2. The molecule has 48 heavy (non-hydrogen) atoms. The molecule has 3 rings (SSSR count). The summed E-state index contributed by atoms with van der Waals surface area (Å²) < 4.78 is 11.6. The number of aliphatic hydroxyl groups is 2. The maximum Gasteiger partial charge on any atom is 0.302 e. The second kappa shape index (κ2) is 15.2. The van der Waals surface area contributed by atoms with Crippen LogP contribution in [0.4, 0.5) is 0 Å². The van der Waals surface area contributed by atoms with Crippen LogP contribution in [0.2, 0.25) is 0 Å². The smallest absolute Gasteiger partial charge is 0.302 e. The Hall–Kier alpha value is -3.06. The lowest BCUT2D eigenvalue weighted by Crippen LogP contribution is -2.51. The number of carbonyl (C=O) groups excluding carboxylic acids is 2. The van der Waals surface area contributed by atoms with Crippen LogP contribution in [0.15, 0.2) is 95.2 Å². The van der Waals surface area contributed by atoms with Gasteiger partial charge in [-0.15, -0.1) is 0 Å². The van der Waals surface area contributed by atoms with Crippen LogP contribution in [0.25, 0.3) is 0 Å². The Morgan fingerprint density at radius 1 is 0.750 bits per heavy atom. The largest absolute Gasteiger partial charge is 0.462 e. The normalized spacial score (nSPS) is 34.3. The van der Waals surface area contributed by atoms with Gasteiger partial charge in [0.15, 0.2) is 5.78 Å². The van der Waals surface area contributed by atoms with Crippen molar-refractivity contribution < 1.29 is 29.3 Å². The molecule has 0 aromatic heterocycles. The number of fused-ring (bicyclic) bond motifs is 1. The molecule has 3 fully saturated rings. The van der Waals surface area contributed by atoms with Crippen molar-refractivity contribution in [2.75, 3.05) is 0 Å². The van der Waals surface area contributed by atoms with E-state index in [1.165, 1.54) is 6.92 Å². The molecule has 3 aliphatic rings. The first-order chi connectivity index (χ1) is 22.1. The molecule has 0 aromatic carbocycles. The van der Waals surface area contributed by atoms with E-state index in [9.17, 15) is 19.8 Å². The van der Waals surface area contributed by atoms with Crippen molar-refractivity contribution in [2.24, 2.45) is 16.7 Å². The number of rotatable bonds is 12. The molecule has 0 radical (unpaired) electrons. The standard InChI is InChI=1S/C42H60O6/c1-29(18-14-19-31(3)22-23-37-38(6,7)26-35(47-33(5)43)27-40(37,10)46)16-12-13-17-30(2)20-15-21-32(4)36(45)28-42-39(8,9)24-34(44)25-41(42,11)48-42/h12-23,34-35,37,44,46H,24-28H2,1-11H3/b13-12+,18-14+,20-15+,23-22+,29-16+,30-17+,31-19+,32-21+. The Balaban J connectivity index is 1.50. The van der Waals surface area contributed by atoms with E-state index in [0.717, 1.165) is 16.7 Å². The molecule has 6 unspecified atom stereocenters. The van der Waals surface area contributed by atoms with Crippen molar-refractivity contribution in [1.29, 1.82) is 0 Å². The van der Waals surface area contributed by atoms with E-state index in [-0.39, 0.29) is 40.7 Å². The summed E-state index contributed by atoms with van der Waals surface area (Å²) in [5.74, 6) is -0.288. The van der Waals surface area contributed by atoms with E-state index in [0.29, 0.717) is 37.7 Å². The summed E-state index contributed by atoms with van der Waals surface area (Å²) in [5, 5.41) is 21.5. The van der Waals surface area contributed by atoms with Gasteiger partial charge in [-0.1, -0.05) is 117 Å². The van der Waals surface area contributed by atoms with Crippen LogP contribution in [0.5, 0.6) is 0 Å². The number of hydrogen-bond donors (Lipinski definition) is 2. The monoisotopic (exact) mass is 660 g/mol. The van der Waals surface area contributed by atoms with Crippen LogP contribution < -0.4 is 0 Å². The molecular formula is C42H60O6. The van der Waals surface area contributed by atoms with Crippen LogP contribution in [0.1, 0.15) is 108 Å². The molecule has 6 atom stereocenters. The second-order valence-corrected chi connectivity index (χ2v) is 16.2. The molecule has 0 aromatic rings. The van der Waals surface area contributed by atoms with Gasteiger partial charge in [0.1, 0.15) is 11.7 Å². The number of ketones is 1. The lowest BCUT2D eigenvalue weighted by molar-refractivity contribution is -0.163. The van der Waals surface area contributed by atoms with E-state index in [4.69, 9.17) is 9.47 Å². The van der Waals surface area contributed by atoms with Crippen LogP contribution >= 0.6 is 0 Å². The van der Waals surface area contributed by atoms with Gasteiger partial charge in [-0.05, 0) is 70.8 Å². The molecule has 0 bridgehead atoms. The summed E-state index contributed by atoms with van der Waals surface area (Å²) in [4.78, 5) is 24.6. The fourth-order valence-corrected chi connectivity index (χ4v) is 8.14. The fourth-order valence-electron chi connectivity index (χ4n) is 8.14. The Labute approximate surface area is 289 Å². The van der Waals surface area contributed by atoms with Gasteiger partial charge >= 0.3 is 5.97 Å². The SMILES string of the molecule is CC(=O)OC1CC(C)(C)C(/C=C/C(C)=C/C=C/C(C)=C/C=C/C=C(C)/C=C/C=C(\C)C(=O)CC23OC2(C)CC(O)CC3(C)C)C(C)(O)C1. The van der Waals surface area contributed by atoms with Crippen molar-refractivity contribution in [3.05, 3.63) is 95.2 Å². The highest BCUT2D eigenvalue weighted by Crippen LogP contribution is 2.67. The van der Waals surface area contributed by atoms with Gasteiger partial charge in [-0.2, -0.15) is 0 Å². The predicted octanol–water partition coefficient (Wildman–Crippen LogP) is 8.78. The fraction of sp³-hybridized carbons (Fsp3) is 0.571. The summed E-state index contributed by atoms with van der Waals surface area (Å²) in [6, 6.07) is 0. The maximum absolute atomic E-state index is 13.1. The number of carbonyl (C=O) groups is 2. The Morgan fingerprint density at radius 2 is 1.29 bits per heavy atom. The first-order valence-electron chi connectivity index (χ1n) is 17.3. The van der Waals surface area contributed by atoms with Crippen LogP contribution in [0.3, 0.4) is 0 Å². The van der Waals surface area contributed by atoms with Crippen molar-refractivity contribution in [1.82, 2.24) is 0 Å². The van der Waals surface area contributed by atoms with Crippen LogP contribution in [0, 0.1) is 16.7 Å². The number of allylic oxidation sites excluding steroid dienone is 15. The lowest BCUT2D eigenvalue weighted by atomic mass is 9.61. The van der Waals surface area contributed by atoms with Crippen molar-refractivity contribution >= 4 is 11.8 Å². The quantitative estimate of drug-likeness (QED) is 0.0940.